The first-order chi connectivity index (χ1) is 16.5. The summed E-state index contributed by atoms with van der Waals surface area (Å²) in [4.78, 5) is 27.0. The number of halogens is 1. The quantitative estimate of drug-likeness (QED) is 0.412. The Balaban J connectivity index is 1.52. The van der Waals surface area contributed by atoms with Crippen molar-refractivity contribution in [2.24, 2.45) is 0 Å². The summed E-state index contributed by atoms with van der Waals surface area (Å²) >= 11 is 6.28. The van der Waals surface area contributed by atoms with E-state index in [9.17, 15) is 4.79 Å². The summed E-state index contributed by atoms with van der Waals surface area (Å²) < 4.78 is 11.4. The fourth-order valence-corrected chi connectivity index (χ4v) is 4.65. The maximum atomic E-state index is 13.1. The molecule has 0 radical (unpaired) electrons. The number of fused-ring (bicyclic) bond motifs is 3. The van der Waals surface area contributed by atoms with Gasteiger partial charge in [0.1, 0.15) is 12.4 Å². The van der Waals surface area contributed by atoms with Crippen LogP contribution in [0.1, 0.15) is 35.5 Å². The average molecular weight is 477 g/mol. The monoisotopic (exact) mass is 476 g/mol. The zero-order chi connectivity index (χ0) is 23.7. The second-order valence-corrected chi connectivity index (χ2v) is 8.64. The van der Waals surface area contributed by atoms with Gasteiger partial charge in [-0.25, -0.2) is 4.98 Å². The molecule has 34 heavy (non-hydrogen) atoms. The lowest BCUT2D eigenvalue weighted by molar-refractivity contribution is -0.138. The molecule has 2 aromatic carbocycles. The van der Waals surface area contributed by atoms with Crippen LogP contribution in [0.5, 0.6) is 11.6 Å². The van der Waals surface area contributed by atoms with Crippen LogP contribution in [0.3, 0.4) is 0 Å². The van der Waals surface area contributed by atoms with Gasteiger partial charge in [0.15, 0.2) is 0 Å². The van der Waals surface area contributed by atoms with Gasteiger partial charge in [-0.05, 0) is 61.7 Å². The van der Waals surface area contributed by atoms with Crippen molar-refractivity contribution < 1.29 is 14.3 Å². The number of nitrogens with one attached hydrogen (secondary N) is 1. The summed E-state index contributed by atoms with van der Waals surface area (Å²) in [6.45, 7) is 4.89. The maximum Gasteiger partial charge on any atom is 0.249 e. The van der Waals surface area contributed by atoms with E-state index < -0.39 is 0 Å². The zero-order valence-corrected chi connectivity index (χ0v) is 19.8. The molecule has 1 aliphatic rings. The number of ether oxygens (including phenoxy) is 2. The number of carbonyl (C=O) groups excluding carboxylic acids is 1. The zero-order valence-electron chi connectivity index (χ0n) is 19.0. The van der Waals surface area contributed by atoms with Crippen molar-refractivity contribution >= 4 is 28.4 Å². The minimum atomic E-state index is -0.268. The van der Waals surface area contributed by atoms with E-state index in [-0.39, 0.29) is 18.6 Å². The first-order valence-electron chi connectivity index (χ1n) is 11.3. The second-order valence-electron chi connectivity index (χ2n) is 8.20. The van der Waals surface area contributed by atoms with Gasteiger partial charge in [0, 0.05) is 47.2 Å². The second kappa shape index (κ2) is 9.44. The number of amides is 1. The molecule has 174 valence electrons. The third kappa shape index (κ3) is 4.24. The Hall–Kier alpha value is -3.42. The van der Waals surface area contributed by atoms with E-state index in [1.165, 1.54) is 5.56 Å². The molecule has 0 fully saturated rings. The van der Waals surface area contributed by atoms with Crippen LogP contribution >= 0.6 is 11.6 Å². The molecule has 0 spiro atoms. The Kier molecular flexibility index (Phi) is 6.22. The number of hydrogen-bond acceptors (Lipinski definition) is 5. The van der Waals surface area contributed by atoms with Gasteiger partial charge in [-0.15, -0.1) is 0 Å². The molecule has 1 unspecified atom stereocenters. The molecule has 1 N–H and O–H groups in total. The van der Waals surface area contributed by atoms with Crippen LogP contribution in [0.4, 0.5) is 0 Å². The molecule has 1 aliphatic heterocycles. The lowest BCUT2D eigenvalue weighted by Crippen LogP contribution is -2.42. The molecule has 0 aliphatic carbocycles. The molecule has 0 bridgehead atoms. The van der Waals surface area contributed by atoms with Crippen LogP contribution in [0, 0.1) is 6.92 Å². The molecular formula is C26H25ClN4O3. The van der Waals surface area contributed by atoms with Crippen molar-refractivity contribution in [3.8, 4) is 11.6 Å². The molecule has 7 nitrogen and oxygen atoms in total. The Morgan fingerprint density at radius 2 is 1.97 bits per heavy atom. The molecule has 5 rings (SSSR count). The lowest BCUT2D eigenvalue weighted by atomic mass is 9.92. The van der Waals surface area contributed by atoms with E-state index in [4.69, 9.17) is 21.1 Å². The van der Waals surface area contributed by atoms with Gasteiger partial charge in [0.2, 0.25) is 11.8 Å². The largest absolute Gasteiger partial charge is 0.437 e. The smallest absolute Gasteiger partial charge is 0.249 e. The van der Waals surface area contributed by atoms with Gasteiger partial charge in [0.25, 0.3) is 0 Å². The first kappa shape index (κ1) is 22.4. The number of aromatic amines is 1. The van der Waals surface area contributed by atoms with E-state index in [1.807, 2.05) is 61.2 Å². The van der Waals surface area contributed by atoms with E-state index in [0.29, 0.717) is 35.5 Å². The predicted molar refractivity (Wildman–Crippen MR) is 130 cm³/mol. The number of aromatic nitrogens is 3. The summed E-state index contributed by atoms with van der Waals surface area (Å²) in [7, 11) is 0. The van der Waals surface area contributed by atoms with Crippen LogP contribution in [-0.4, -0.2) is 45.5 Å². The van der Waals surface area contributed by atoms with E-state index in [2.05, 4.69) is 15.0 Å². The molecule has 2 aromatic heterocycles. The molecule has 0 saturated heterocycles. The van der Waals surface area contributed by atoms with Gasteiger partial charge in [-0.1, -0.05) is 23.7 Å². The van der Waals surface area contributed by atoms with Crippen LogP contribution in [0.2, 0.25) is 5.02 Å². The highest BCUT2D eigenvalue weighted by Gasteiger charge is 2.34. The third-order valence-electron chi connectivity index (χ3n) is 6.09. The van der Waals surface area contributed by atoms with Crippen molar-refractivity contribution in [2.75, 3.05) is 19.8 Å². The Morgan fingerprint density at radius 1 is 1.18 bits per heavy atom. The Bertz CT molecular complexity index is 1340. The highest BCUT2D eigenvalue weighted by atomic mass is 35.5. The van der Waals surface area contributed by atoms with Crippen molar-refractivity contribution in [3.05, 3.63) is 82.4 Å². The number of nitrogens with zero attached hydrogens (tertiary/aromatic N) is 3. The number of carbonyl (C=O) groups is 1. The fourth-order valence-electron chi connectivity index (χ4n) is 4.47. The molecule has 0 saturated carbocycles. The maximum absolute atomic E-state index is 13.1. The standard InChI is InChI=1S/C26H25ClN4O3/c1-3-33-15-23(32)31-13-10-20-21-14-18(27)6-9-22(21)30-24(20)25(31)17-4-7-19(8-5-17)34-26-16(2)28-11-12-29-26/h4-9,11-12,14,25,30H,3,10,13,15H2,1-2H3. The number of benzene rings is 2. The summed E-state index contributed by atoms with van der Waals surface area (Å²) in [5.41, 5.74) is 4.90. The van der Waals surface area contributed by atoms with Crippen LogP contribution < -0.4 is 4.74 Å². The van der Waals surface area contributed by atoms with Crippen molar-refractivity contribution in [1.82, 2.24) is 19.9 Å². The van der Waals surface area contributed by atoms with Crippen LogP contribution in [0.25, 0.3) is 10.9 Å². The summed E-state index contributed by atoms with van der Waals surface area (Å²) in [6, 6.07) is 13.3. The topological polar surface area (TPSA) is 80.3 Å². The summed E-state index contributed by atoms with van der Waals surface area (Å²) in [5, 5.41) is 1.80. The first-order valence-corrected chi connectivity index (χ1v) is 11.7. The van der Waals surface area contributed by atoms with Crippen LogP contribution in [-0.2, 0) is 16.0 Å². The van der Waals surface area contributed by atoms with Crippen molar-refractivity contribution in [3.63, 3.8) is 0 Å². The molecule has 1 atom stereocenters. The molecule has 8 heteroatoms. The van der Waals surface area contributed by atoms with E-state index in [0.717, 1.165) is 28.6 Å². The lowest BCUT2D eigenvalue weighted by Gasteiger charge is -2.36. The van der Waals surface area contributed by atoms with Crippen LogP contribution in [0.15, 0.2) is 54.9 Å². The molecule has 4 aromatic rings. The van der Waals surface area contributed by atoms with E-state index in [1.54, 1.807) is 12.4 Å². The molecule has 1 amide bonds. The van der Waals surface area contributed by atoms with Crippen molar-refractivity contribution in [2.45, 2.75) is 26.3 Å². The fraction of sp³-hybridized carbons (Fsp3) is 0.269. The van der Waals surface area contributed by atoms with E-state index >= 15 is 0 Å². The number of H-pyrrole nitrogens is 1. The average Bonchev–Trinajstić information content (AvgIpc) is 3.22. The van der Waals surface area contributed by atoms with Gasteiger partial charge < -0.3 is 19.4 Å². The highest BCUT2D eigenvalue weighted by molar-refractivity contribution is 6.31. The number of rotatable bonds is 6. The Labute approximate surface area is 202 Å². The van der Waals surface area contributed by atoms with Crippen molar-refractivity contribution in [1.29, 1.82) is 0 Å². The van der Waals surface area contributed by atoms with Gasteiger partial charge >= 0.3 is 0 Å². The van der Waals surface area contributed by atoms with Gasteiger partial charge in [-0.2, -0.15) is 0 Å². The summed E-state index contributed by atoms with van der Waals surface area (Å²) in [5.74, 6) is 1.08. The normalized spacial score (nSPS) is 15.4. The van der Waals surface area contributed by atoms with Gasteiger partial charge in [0.05, 0.1) is 11.7 Å². The SMILES string of the molecule is CCOCC(=O)N1CCc2c([nH]c3ccc(Cl)cc23)C1c1ccc(Oc2nccnc2C)cc1. The Morgan fingerprint density at radius 3 is 2.74 bits per heavy atom. The summed E-state index contributed by atoms with van der Waals surface area (Å²) in [6.07, 6.45) is 3.98. The number of aryl methyl sites for hydroxylation is 1. The minimum absolute atomic E-state index is 0.0373. The predicted octanol–water partition coefficient (Wildman–Crippen LogP) is 5.22. The highest BCUT2D eigenvalue weighted by Crippen LogP contribution is 2.39. The van der Waals surface area contributed by atoms with Gasteiger partial charge in [-0.3, -0.25) is 9.78 Å². The minimum Gasteiger partial charge on any atom is -0.437 e. The number of hydrogen-bond donors (Lipinski definition) is 1. The third-order valence-corrected chi connectivity index (χ3v) is 6.32. The molecular weight excluding hydrogens is 452 g/mol. The molecule has 3 heterocycles.